The molecular formula is C24H24O9. The van der Waals surface area contributed by atoms with E-state index in [2.05, 4.69) is 0 Å². The summed E-state index contributed by atoms with van der Waals surface area (Å²) >= 11 is 0. The van der Waals surface area contributed by atoms with Crippen molar-refractivity contribution in [3.63, 3.8) is 0 Å². The SMILES string of the molecule is COc1cc(C2c3cc4c(cc3C(OC(C)=O)[C@H]3COC(=O)[C@H]23)OCO4)cc(OC)c1OC. The first kappa shape index (κ1) is 21.2. The predicted octanol–water partition coefficient (Wildman–Crippen LogP) is 2.98. The normalized spacial score (nSPS) is 24.4. The Morgan fingerprint density at radius 2 is 1.55 bits per heavy atom. The molecule has 9 nitrogen and oxygen atoms in total. The molecule has 0 bridgehead atoms. The van der Waals surface area contributed by atoms with Crippen LogP contribution in [0.25, 0.3) is 0 Å². The van der Waals surface area contributed by atoms with Gasteiger partial charge in [-0.05, 0) is 35.4 Å². The maximum Gasteiger partial charge on any atom is 0.310 e. The molecule has 4 atom stereocenters. The van der Waals surface area contributed by atoms with Crippen molar-refractivity contribution >= 4 is 11.9 Å². The van der Waals surface area contributed by atoms with Crippen LogP contribution in [0.15, 0.2) is 24.3 Å². The van der Waals surface area contributed by atoms with Crippen molar-refractivity contribution in [1.82, 2.24) is 0 Å². The number of methoxy groups -OCH3 is 3. The molecule has 1 fully saturated rings. The van der Waals surface area contributed by atoms with Crippen LogP contribution in [-0.2, 0) is 19.1 Å². The maximum absolute atomic E-state index is 13.0. The maximum atomic E-state index is 13.0. The lowest BCUT2D eigenvalue weighted by atomic mass is 9.66. The van der Waals surface area contributed by atoms with E-state index in [0.29, 0.717) is 28.7 Å². The van der Waals surface area contributed by atoms with Gasteiger partial charge in [0.1, 0.15) is 6.10 Å². The minimum absolute atomic E-state index is 0.0974. The number of esters is 2. The largest absolute Gasteiger partial charge is 0.493 e. The summed E-state index contributed by atoms with van der Waals surface area (Å²) in [6.45, 7) is 1.60. The van der Waals surface area contributed by atoms with Crippen molar-refractivity contribution < 1.29 is 42.7 Å². The van der Waals surface area contributed by atoms with Crippen molar-refractivity contribution in [3.05, 3.63) is 41.0 Å². The lowest BCUT2D eigenvalue weighted by Gasteiger charge is -2.38. The van der Waals surface area contributed by atoms with Gasteiger partial charge in [-0.1, -0.05) is 0 Å². The molecule has 2 aliphatic heterocycles. The monoisotopic (exact) mass is 456 g/mol. The molecule has 2 aromatic rings. The molecule has 33 heavy (non-hydrogen) atoms. The zero-order valence-electron chi connectivity index (χ0n) is 18.7. The van der Waals surface area contributed by atoms with Gasteiger partial charge >= 0.3 is 11.9 Å². The fourth-order valence-electron chi connectivity index (χ4n) is 5.12. The molecule has 5 rings (SSSR count). The van der Waals surface area contributed by atoms with E-state index in [0.717, 1.165) is 16.7 Å². The zero-order valence-corrected chi connectivity index (χ0v) is 18.7. The van der Waals surface area contributed by atoms with E-state index in [1.807, 2.05) is 24.3 Å². The number of rotatable bonds is 5. The summed E-state index contributed by atoms with van der Waals surface area (Å²) in [5.41, 5.74) is 2.33. The highest BCUT2D eigenvalue weighted by Gasteiger charge is 2.54. The summed E-state index contributed by atoms with van der Waals surface area (Å²) in [6, 6.07) is 7.34. The lowest BCUT2D eigenvalue weighted by Crippen LogP contribution is -2.36. The molecule has 1 aliphatic carbocycles. The van der Waals surface area contributed by atoms with Gasteiger partial charge in [0.05, 0.1) is 33.9 Å². The number of carbonyl (C=O) groups is 2. The summed E-state index contributed by atoms with van der Waals surface area (Å²) < 4.78 is 38.9. The third kappa shape index (κ3) is 3.30. The molecule has 0 radical (unpaired) electrons. The molecule has 0 saturated carbocycles. The second-order valence-electron chi connectivity index (χ2n) is 8.12. The first-order valence-corrected chi connectivity index (χ1v) is 10.5. The molecule has 2 heterocycles. The predicted molar refractivity (Wildman–Crippen MR) is 113 cm³/mol. The molecule has 0 N–H and O–H groups in total. The van der Waals surface area contributed by atoms with E-state index in [-0.39, 0.29) is 25.3 Å². The highest BCUT2D eigenvalue weighted by Crippen LogP contribution is 2.56. The van der Waals surface area contributed by atoms with E-state index in [1.165, 1.54) is 28.3 Å². The van der Waals surface area contributed by atoms with Crippen LogP contribution in [0.5, 0.6) is 28.7 Å². The number of fused-ring (bicyclic) bond motifs is 3. The van der Waals surface area contributed by atoms with E-state index < -0.39 is 23.9 Å². The molecule has 2 unspecified atom stereocenters. The summed E-state index contributed by atoms with van der Waals surface area (Å²) in [4.78, 5) is 25.0. The standard InChI is InChI=1S/C24H24O9/c1-11(25)33-22-14-8-17-16(31-10-32-17)7-13(14)20(21-15(22)9-30-24(21)26)12-5-18(27-2)23(29-4)19(6-12)28-3/h5-8,15,20-22H,9-10H2,1-4H3/t15-,20?,21-,22?/m0/s1. The van der Waals surface area contributed by atoms with Crippen LogP contribution >= 0.6 is 0 Å². The van der Waals surface area contributed by atoms with E-state index >= 15 is 0 Å². The number of hydrogen-bond acceptors (Lipinski definition) is 9. The molecule has 0 aromatic heterocycles. The van der Waals surface area contributed by atoms with Crippen LogP contribution in [0.1, 0.15) is 35.6 Å². The van der Waals surface area contributed by atoms with Gasteiger partial charge in [-0.2, -0.15) is 0 Å². The van der Waals surface area contributed by atoms with Gasteiger partial charge in [-0.15, -0.1) is 0 Å². The number of benzene rings is 2. The Morgan fingerprint density at radius 1 is 0.909 bits per heavy atom. The number of hydrogen-bond donors (Lipinski definition) is 0. The van der Waals surface area contributed by atoms with Crippen molar-refractivity contribution in [2.24, 2.45) is 11.8 Å². The van der Waals surface area contributed by atoms with Crippen molar-refractivity contribution in [2.45, 2.75) is 18.9 Å². The zero-order chi connectivity index (χ0) is 23.3. The van der Waals surface area contributed by atoms with Gasteiger partial charge in [0, 0.05) is 24.3 Å². The molecule has 9 heteroatoms. The van der Waals surface area contributed by atoms with Gasteiger partial charge in [-0.25, -0.2) is 0 Å². The van der Waals surface area contributed by atoms with Gasteiger partial charge in [0.15, 0.2) is 23.0 Å². The summed E-state index contributed by atoms with van der Waals surface area (Å²) in [6.07, 6.45) is -0.651. The molecule has 2 aromatic carbocycles. The van der Waals surface area contributed by atoms with Gasteiger partial charge < -0.3 is 33.2 Å². The average Bonchev–Trinajstić information content (AvgIpc) is 3.43. The van der Waals surface area contributed by atoms with E-state index in [9.17, 15) is 9.59 Å². The third-order valence-corrected chi connectivity index (χ3v) is 6.46. The molecule has 0 amide bonds. The Bertz CT molecular complexity index is 1100. The fourth-order valence-corrected chi connectivity index (χ4v) is 5.12. The molecule has 174 valence electrons. The molecule has 0 spiro atoms. The Balaban J connectivity index is 1.75. The minimum atomic E-state index is -0.651. The highest BCUT2D eigenvalue weighted by atomic mass is 16.7. The Labute approximate surface area is 190 Å². The van der Waals surface area contributed by atoms with Crippen LogP contribution in [-0.4, -0.2) is 46.7 Å². The van der Waals surface area contributed by atoms with Crippen LogP contribution in [0.3, 0.4) is 0 Å². The Morgan fingerprint density at radius 3 is 2.12 bits per heavy atom. The molecule has 3 aliphatic rings. The molecule has 1 saturated heterocycles. The molecular weight excluding hydrogens is 432 g/mol. The number of cyclic esters (lactones) is 1. The number of ether oxygens (including phenoxy) is 7. The summed E-state index contributed by atoms with van der Waals surface area (Å²) in [7, 11) is 4.61. The van der Waals surface area contributed by atoms with Crippen LogP contribution in [0, 0.1) is 11.8 Å². The second kappa shape index (κ2) is 8.06. The first-order valence-electron chi connectivity index (χ1n) is 10.5. The Kier molecular flexibility index (Phi) is 5.19. The average molecular weight is 456 g/mol. The van der Waals surface area contributed by atoms with E-state index in [4.69, 9.17) is 33.2 Å². The van der Waals surface area contributed by atoms with Gasteiger partial charge in [0.25, 0.3) is 0 Å². The van der Waals surface area contributed by atoms with Gasteiger partial charge in [0.2, 0.25) is 12.5 Å². The second-order valence-corrected chi connectivity index (χ2v) is 8.12. The van der Waals surface area contributed by atoms with E-state index in [1.54, 1.807) is 0 Å². The highest BCUT2D eigenvalue weighted by molar-refractivity contribution is 5.79. The van der Waals surface area contributed by atoms with Gasteiger partial charge in [-0.3, -0.25) is 9.59 Å². The quantitative estimate of drug-likeness (QED) is 0.629. The first-order chi connectivity index (χ1) is 16.0. The topological polar surface area (TPSA) is 98.8 Å². The van der Waals surface area contributed by atoms with Crippen LogP contribution < -0.4 is 23.7 Å². The third-order valence-electron chi connectivity index (χ3n) is 6.46. The minimum Gasteiger partial charge on any atom is -0.493 e. The van der Waals surface area contributed by atoms with Crippen molar-refractivity contribution in [1.29, 1.82) is 0 Å². The van der Waals surface area contributed by atoms with Crippen LogP contribution in [0.4, 0.5) is 0 Å². The Hall–Kier alpha value is -3.62. The van der Waals surface area contributed by atoms with Crippen molar-refractivity contribution in [3.8, 4) is 28.7 Å². The summed E-state index contributed by atoms with van der Waals surface area (Å²) in [5.74, 6) is 0.383. The number of carbonyl (C=O) groups excluding carboxylic acids is 2. The van der Waals surface area contributed by atoms with Crippen molar-refractivity contribution in [2.75, 3.05) is 34.7 Å². The fraction of sp³-hybridized carbons (Fsp3) is 0.417. The smallest absolute Gasteiger partial charge is 0.310 e. The van der Waals surface area contributed by atoms with Crippen LogP contribution in [0.2, 0.25) is 0 Å². The summed E-state index contributed by atoms with van der Waals surface area (Å²) in [5, 5.41) is 0. The lowest BCUT2D eigenvalue weighted by molar-refractivity contribution is -0.152.